The molecule has 0 aliphatic carbocycles. The first-order valence-electron chi connectivity index (χ1n) is 7.34. The first-order chi connectivity index (χ1) is 10.9. The number of rotatable bonds is 3. The smallest absolute Gasteiger partial charge is 0.271 e. The van der Waals surface area contributed by atoms with Crippen LogP contribution in [-0.2, 0) is 11.3 Å². The summed E-state index contributed by atoms with van der Waals surface area (Å²) in [5.41, 5.74) is 5.51. The molecular weight excluding hydrogens is 305 g/mol. The van der Waals surface area contributed by atoms with Crippen molar-refractivity contribution < 1.29 is 23.6 Å². The number of benzene rings is 1. The van der Waals surface area contributed by atoms with E-state index in [0.29, 0.717) is 18.7 Å². The zero-order valence-electron chi connectivity index (χ0n) is 12.9. The second-order valence-corrected chi connectivity index (χ2v) is 5.79. The van der Waals surface area contributed by atoms with Gasteiger partial charge in [0.05, 0.1) is 29.9 Å². The summed E-state index contributed by atoms with van der Waals surface area (Å²) < 4.78 is 25.6. The van der Waals surface area contributed by atoms with Crippen LogP contribution in [0.1, 0.15) is 29.9 Å². The zero-order valence-corrected chi connectivity index (χ0v) is 12.9. The Balaban J connectivity index is 2.16. The Morgan fingerprint density at radius 3 is 2.70 bits per heavy atom. The Hall–Kier alpha value is -2.19. The third-order valence-corrected chi connectivity index (χ3v) is 3.90. The van der Waals surface area contributed by atoms with Gasteiger partial charge >= 0.3 is 0 Å². The van der Waals surface area contributed by atoms with Crippen molar-refractivity contribution in [3.63, 3.8) is 0 Å². The van der Waals surface area contributed by atoms with E-state index >= 15 is 0 Å². The monoisotopic (exact) mass is 323 g/mol. The number of carbonyl (C=O) groups is 1. The number of halogens is 1. The molecule has 1 aromatic heterocycles. The second kappa shape index (κ2) is 5.78. The van der Waals surface area contributed by atoms with Crippen molar-refractivity contribution >= 4 is 22.6 Å². The number of nitrogens with zero attached hydrogens (tertiary/aromatic N) is 2. The molecule has 0 unspecified atom stereocenters. The number of morpholine rings is 1. The summed E-state index contributed by atoms with van der Waals surface area (Å²) in [5, 5.41) is 13.3. The predicted molar refractivity (Wildman–Crippen MR) is 80.6 cm³/mol. The van der Waals surface area contributed by atoms with Crippen LogP contribution in [0.25, 0.3) is 11.0 Å². The maximum absolute atomic E-state index is 15.0. The minimum absolute atomic E-state index is 0.0729. The van der Waals surface area contributed by atoms with Gasteiger partial charge in [0, 0.05) is 18.7 Å². The molecule has 124 valence electrons. The van der Waals surface area contributed by atoms with Crippen LogP contribution in [0.15, 0.2) is 10.6 Å². The van der Waals surface area contributed by atoms with Crippen LogP contribution in [0.3, 0.4) is 0 Å². The fourth-order valence-corrected chi connectivity index (χ4v) is 3.08. The molecule has 0 spiro atoms. The van der Waals surface area contributed by atoms with Crippen molar-refractivity contribution in [2.75, 3.05) is 18.0 Å². The van der Waals surface area contributed by atoms with E-state index in [-0.39, 0.29) is 41.2 Å². The molecule has 1 fully saturated rings. The molecule has 1 saturated heterocycles. The molecule has 1 aromatic carbocycles. The number of hydrogen-bond donors (Lipinski definition) is 2. The molecule has 3 N–H and O–H groups in total. The number of anilines is 1. The number of aliphatic hydroxyl groups is 1. The van der Waals surface area contributed by atoms with Gasteiger partial charge in [0.2, 0.25) is 5.58 Å². The van der Waals surface area contributed by atoms with Gasteiger partial charge in [-0.05, 0) is 19.9 Å². The van der Waals surface area contributed by atoms with E-state index in [1.54, 1.807) is 0 Å². The maximum Gasteiger partial charge on any atom is 0.271 e. The van der Waals surface area contributed by atoms with Gasteiger partial charge in [-0.2, -0.15) is 0 Å². The largest absolute Gasteiger partial charge is 0.392 e. The lowest BCUT2D eigenvalue weighted by Gasteiger charge is -2.37. The van der Waals surface area contributed by atoms with Gasteiger partial charge in [0.25, 0.3) is 5.91 Å². The minimum Gasteiger partial charge on any atom is -0.392 e. The first kappa shape index (κ1) is 15.7. The van der Waals surface area contributed by atoms with Crippen molar-refractivity contribution in [1.82, 2.24) is 5.16 Å². The fourth-order valence-electron chi connectivity index (χ4n) is 3.08. The topological polar surface area (TPSA) is 102 Å². The molecule has 0 radical (unpaired) electrons. The summed E-state index contributed by atoms with van der Waals surface area (Å²) >= 11 is 0. The van der Waals surface area contributed by atoms with E-state index < -0.39 is 11.7 Å². The number of primary amides is 1. The molecule has 8 heteroatoms. The number of ether oxygens (including phenoxy) is 1. The SMILES string of the molecule is C[C@@H]1CN(c2c(CO)cc3c(C(N)=O)noc3c2F)C[C@H](C)O1. The van der Waals surface area contributed by atoms with E-state index in [1.165, 1.54) is 6.07 Å². The molecule has 2 aromatic rings. The van der Waals surface area contributed by atoms with E-state index in [0.717, 1.165) is 0 Å². The van der Waals surface area contributed by atoms with Crippen LogP contribution in [-0.4, -0.2) is 41.5 Å². The molecule has 7 nitrogen and oxygen atoms in total. The summed E-state index contributed by atoms with van der Waals surface area (Å²) in [6.45, 7) is 4.38. The highest BCUT2D eigenvalue weighted by atomic mass is 19.1. The second-order valence-electron chi connectivity index (χ2n) is 5.79. The molecular formula is C15H18FN3O4. The van der Waals surface area contributed by atoms with Crippen LogP contribution in [0, 0.1) is 5.82 Å². The lowest BCUT2D eigenvalue weighted by molar-refractivity contribution is -0.00550. The molecule has 1 aliphatic heterocycles. The minimum atomic E-state index is -0.812. The number of nitrogens with two attached hydrogens (primary N) is 1. The van der Waals surface area contributed by atoms with Crippen molar-refractivity contribution in [2.45, 2.75) is 32.7 Å². The lowest BCUT2D eigenvalue weighted by atomic mass is 10.1. The number of fused-ring (bicyclic) bond motifs is 1. The summed E-state index contributed by atoms with van der Waals surface area (Å²) in [6, 6.07) is 1.50. The Labute approximate surface area is 131 Å². The van der Waals surface area contributed by atoms with Gasteiger partial charge in [0.1, 0.15) is 0 Å². The van der Waals surface area contributed by atoms with Gasteiger partial charge in [-0.15, -0.1) is 0 Å². The van der Waals surface area contributed by atoms with Crippen LogP contribution >= 0.6 is 0 Å². The van der Waals surface area contributed by atoms with Crippen molar-refractivity contribution in [3.8, 4) is 0 Å². The average molecular weight is 323 g/mol. The first-order valence-corrected chi connectivity index (χ1v) is 7.34. The van der Waals surface area contributed by atoms with E-state index in [1.807, 2.05) is 18.7 Å². The molecule has 0 bridgehead atoms. The van der Waals surface area contributed by atoms with Gasteiger partial charge in [-0.25, -0.2) is 4.39 Å². The highest BCUT2D eigenvalue weighted by molar-refractivity contribution is 6.04. The molecule has 2 atom stereocenters. The van der Waals surface area contributed by atoms with Gasteiger partial charge in [-0.1, -0.05) is 5.16 Å². The Morgan fingerprint density at radius 2 is 2.13 bits per heavy atom. The highest BCUT2D eigenvalue weighted by Crippen LogP contribution is 2.34. The van der Waals surface area contributed by atoms with E-state index in [2.05, 4.69) is 5.16 Å². The Bertz CT molecular complexity index is 751. The third kappa shape index (κ3) is 2.64. The van der Waals surface area contributed by atoms with Crippen LogP contribution in [0.5, 0.6) is 0 Å². The number of aromatic nitrogens is 1. The van der Waals surface area contributed by atoms with Crippen LogP contribution < -0.4 is 10.6 Å². The van der Waals surface area contributed by atoms with Crippen molar-refractivity contribution in [3.05, 3.63) is 23.1 Å². The van der Waals surface area contributed by atoms with Crippen molar-refractivity contribution in [1.29, 1.82) is 0 Å². The Kier molecular flexibility index (Phi) is 3.95. The standard InChI is InChI=1S/C15H18FN3O4/c1-7-4-19(5-8(2)22-7)13-9(6-20)3-10-12(15(17)21)18-23-14(10)11(13)16/h3,7-8,20H,4-6H2,1-2H3,(H2,17,21)/t7-,8+. The molecule has 0 saturated carbocycles. The van der Waals surface area contributed by atoms with E-state index in [9.17, 15) is 14.3 Å². The zero-order chi connectivity index (χ0) is 16.7. The normalized spacial score (nSPS) is 21.8. The van der Waals surface area contributed by atoms with Gasteiger partial charge in [-0.3, -0.25) is 4.79 Å². The van der Waals surface area contributed by atoms with E-state index in [4.69, 9.17) is 15.0 Å². The fraction of sp³-hybridized carbons (Fsp3) is 0.467. The summed E-state index contributed by atoms with van der Waals surface area (Å²) in [5.74, 6) is -1.47. The van der Waals surface area contributed by atoms with Crippen LogP contribution in [0.4, 0.5) is 10.1 Å². The number of carbonyl (C=O) groups excluding carboxylic acids is 1. The molecule has 1 amide bonds. The number of aliphatic hydroxyl groups excluding tert-OH is 1. The highest BCUT2D eigenvalue weighted by Gasteiger charge is 2.29. The molecule has 2 heterocycles. The van der Waals surface area contributed by atoms with Crippen LogP contribution in [0.2, 0.25) is 0 Å². The van der Waals surface area contributed by atoms with Gasteiger partial charge in [0.15, 0.2) is 11.5 Å². The van der Waals surface area contributed by atoms with Gasteiger partial charge < -0.3 is 25.0 Å². The third-order valence-electron chi connectivity index (χ3n) is 3.90. The molecule has 3 rings (SSSR count). The molecule has 1 aliphatic rings. The van der Waals surface area contributed by atoms with Crippen molar-refractivity contribution in [2.24, 2.45) is 5.73 Å². The predicted octanol–water partition coefficient (Wildman–Crippen LogP) is 1.17. The molecule has 23 heavy (non-hydrogen) atoms. The maximum atomic E-state index is 15.0. The summed E-state index contributed by atoms with van der Waals surface area (Å²) in [6.07, 6.45) is -0.146. The Morgan fingerprint density at radius 1 is 1.48 bits per heavy atom. The average Bonchev–Trinajstić information content (AvgIpc) is 2.90. The summed E-state index contributed by atoms with van der Waals surface area (Å²) in [4.78, 5) is 13.2. The summed E-state index contributed by atoms with van der Waals surface area (Å²) in [7, 11) is 0. The number of amides is 1. The quantitative estimate of drug-likeness (QED) is 0.879. The number of hydrogen-bond acceptors (Lipinski definition) is 6. The lowest BCUT2D eigenvalue weighted by Crippen LogP contribution is -2.46.